The van der Waals surface area contributed by atoms with E-state index < -0.39 is 11.7 Å². The van der Waals surface area contributed by atoms with Crippen LogP contribution in [-0.2, 0) is 11.3 Å². The van der Waals surface area contributed by atoms with Crippen LogP contribution in [0.1, 0.15) is 36.7 Å². The third-order valence-corrected chi connectivity index (χ3v) is 7.14. The zero-order valence-electron chi connectivity index (χ0n) is 22.8. The van der Waals surface area contributed by atoms with Gasteiger partial charge in [0.1, 0.15) is 12.2 Å². The second-order valence-electron chi connectivity index (χ2n) is 11.0. The van der Waals surface area contributed by atoms with E-state index in [1.54, 1.807) is 32.9 Å². The summed E-state index contributed by atoms with van der Waals surface area (Å²) in [5, 5.41) is 0.511. The fourth-order valence-corrected chi connectivity index (χ4v) is 5.12. The molecule has 1 amide bonds. The number of rotatable bonds is 8. The highest BCUT2D eigenvalue weighted by Crippen LogP contribution is 2.35. The second-order valence-corrected chi connectivity index (χ2v) is 11.0. The van der Waals surface area contributed by atoms with Gasteiger partial charge in [-0.3, -0.25) is 14.2 Å². The third-order valence-electron chi connectivity index (χ3n) is 7.14. The Labute approximate surface area is 228 Å². The van der Waals surface area contributed by atoms with Crippen molar-refractivity contribution in [1.82, 2.24) is 24.3 Å². The van der Waals surface area contributed by atoms with Crippen LogP contribution in [0.2, 0.25) is 0 Å². The van der Waals surface area contributed by atoms with Crippen LogP contribution >= 0.6 is 0 Å². The first kappa shape index (κ1) is 26.7. The van der Waals surface area contributed by atoms with Gasteiger partial charge in [-0.25, -0.2) is 9.69 Å². The second kappa shape index (κ2) is 10.7. The number of benzene rings is 1. The summed E-state index contributed by atoms with van der Waals surface area (Å²) in [4.78, 5) is 43.5. The quantitative estimate of drug-likeness (QED) is 0.245. The van der Waals surface area contributed by atoms with E-state index in [4.69, 9.17) is 19.4 Å². The predicted octanol–water partition coefficient (Wildman–Crippen LogP) is 3.98. The van der Waals surface area contributed by atoms with E-state index in [2.05, 4.69) is 16.5 Å². The molecule has 0 aliphatic carbocycles. The van der Waals surface area contributed by atoms with Crippen LogP contribution in [0, 0.1) is 0 Å². The van der Waals surface area contributed by atoms with Gasteiger partial charge in [0.25, 0.3) is 0 Å². The molecule has 3 aromatic rings. The number of piperazine rings is 3. The molecule has 2 aromatic heterocycles. The maximum atomic E-state index is 13.2. The Kier molecular flexibility index (Phi) is 7.33. The minimum Gasteiger partial charge on any atom is -0.472 e. The lowest BCUT2D eigenvalue weighted by molar-refractivity contribution is 0.0582. The van der Waals surface area contributed by atoms with Gasteiger partial charge in [0.2, 0.25) is 17.6 Å². The minimum atomic E-state index is -0.712. The van der Waals surface area contributed by atoms with Crippen LogP contribution in [-0.4, -0.2) is 83.6 Å². The predicted molar refractivity (Wildman–Crippen MR) is 150 cm³/mol. The lowest BCUT2D eigenvalue weighted by atomic mass is 10.1. The zero-order valence-corrected chi connectivity index (χ0v) is 22.8. The van der Waals surface area contributed by atoms with Crippen molar-refractivity contribution in [3.05, 3.63) is 60.2 Å². The van der Waals surface area contributed by atoms with Gasteiger partial charge in [-0.1, -0.05) is 36.4 Å². The van der Waals surface area contributed by atoms with E-state index in [1.165, 1.54) is 4.90 Å². The first-order valence-electron chi connectivity index (χ1n) is 13.3. The normalized spacial score (nSPS) is 20.4. The lowest BCUT2D eigenvalue weighted by Gasteiger charge is -2.49. The van der Waals surface area contributed by atoms with Crippen LogP contribution in [0.4, 0.5) is 16.6 Å². The Bertz CT molecular complexity index is 1370. The number of carbonyl (C=O) groups excluding carboxylic acids is 2. The van der Waals surface area contributed by atoms with Crippen molar-refractivity contribution in [3.63, 3.8) is 0 Å². The largest absolute Gasteiger partial charge is 0.472 e. The van der Waals surface area contributed by atoms with Crippen LogP contribution in [0.25, 0.3) is 11.0 Å². The van der Waals surface area contributed by atoms with Gasteiger partial charge < -0.3 is 9.47 Å². The summed E-state index contributed by atoms with van der Waals surface area (Å²) < 4.78 is 12.4. The fourth-order valence-electron chi connectivity index (χ4n) is 5.12. The first-order valence-corrected chi connectivity index (χ1v) is 13.3. The molecule has 0 unspecified atom stereocenters. The molecule has 3 aliphatic rings. The molecule has 0 radical (unpaired) electrons. The number of hydrogen-bond acceptors (Lipinski definition) is 8. The summed E-state index contributed by atoms with van der Waals surface area (Å²) in [5.41, 5.74) is 1.11. The molecule has 10 nitrogen and oxygen atoms in total. The van der Waals surface area contributed by atoms with Crippen LogP contribution in [0.3, 0.4) is 0 Å². The average molecular weight is 532 g/mol. The molecule has 6 rings (SSSR count). The van der Waals surface area contributed by atoms with E-state index >= 15 is 0 Å². The van der Waals surface area contributed by atoms with E-state index in [-0.39, 0.29) is 25.0 Å². The molecular weight excluding hydrogens is 496 g/mol. The molecule has 1 aromatic carbocycles. The number of fused-ring (bicyclic) bond motifs is 4. The van der Waals surface area contributed by atoms with Crippen LogP contribution < -0.4 is 14.1 Å². The van der Waals surface area contributed by atoms with E-state index in [9.17, 15) is 9.59 Å². The van der Waals surface area contributed by atoms with Crippen LogP contribution in [0.15, 0.2) is 49.1 Å². The van der Waals surface area contributed by atoms with Gasteiger partial charge in [0, 0.05) is 19.6 Å². The van der Waals surface area contributed by atoms with Gasteiger partial charge >= 0.3 is 6.09 Å². The van der Waals surface area contributed by atoms with Crippen molar-refractivity contribution < 1.29 is 19.1 Å². The number of hydrogen-bond donors (Lipinski definition) is 0. The zero-order chi connectivity index (χ0) is 27.6. The van der Waals surface area contributed by atoms with Gasteiger partial charge in [0.05, 0.1) is 37.1 Å². The molecule has 204 valence electrons. The molecule has 5 heterocycles. The van der Waals surface area contributed by atoms with Gasteiger partial charge in [-0.05, 0) is 32.4 Å². The molecule has 3 aliphatic heterocycles. The summed E-state index contributed by atoms with van der Waals surface area (Å²) in [6, 6.07) is 11.5. The van der Waals surface area contributed by atoms with E-state index in [1.807, 2.05) is 30.3 Å². The molecule has 0 spiro atoms. The third kappa shape index (κ3) is 5.62. The van der Waals surface area contributed by atoms with Crippen molar-refractivity contribution in [3.8, 4) is 5.88 Å². The summed E-state index contributed by atoms with van der Waals surface area (Å²) in [5.74, 6) is 1.05. The molecule has 3 fully saturated rings. The number of anilines is 1. The standard InChI is InChI=1S/C29H35N6O4/c1-5-11-34(28(37)39-29(2,3)4)27-31-24-23(26(32-27)38-20-21-9-7-6-8-10-21)18-22(19-36)25(30-24)35-15-12-33(13-16-35)14-17-35/h5-10,18-19H,1,11-17,20H2,2-4H3/q+1. The number of pyridine rings is 1. The molecule has 0 N–H and O–H groups in total. The molecule has 39 heavy (non-hydrogen) atoms. The summed E-state index contributed by atoms with van der Waals surface area (Å²) in [7, 11) is 0. The Balaban J connectivity index is 1.64. The Morgan fingerprint density at radius 2 is 1.79 bits per heavy atom. The highest BCUT2D eigenvalue weighted by Gasteiger charge is 2.43. The Morgan fingerprint density at radius 3 is 2.41 bits per heavy atom. The van der Waals surface area contributed by atoms with E-state index in [0.29, 0.717) is 26.9 Å². The highest BCUT2D eigenvalue weighted by atomic mass is 16.6. The van der Waals surface area contributed by atoms with Crippen molar-refractivity contribution >= 4 is 35.2 Å². The number of carbonyl (C=O) groups is 2. The Hall–Kier alpha value is -3.89. The molecule has 0 saturated carbocycles. The summed E-state index contributed by atoms with van der Waals surface area (Å²) in [6.45, 7) is 15.1. The number of ether oxygens (including phenoxy) is 2. The van der Waals surface area contributed by atoms with Gasteiger partial charge in [-0.15, -0.1) is 6.58 Å². The highest BCUT2D eigenvalue weighted by molar-refractivity contribution is 5.94. The smallest absolute Gasteiger partial charge is 0.417 e. The monoisotopic (exact) mass is 531 g/mol. The SMILES string of the molecule is C=CCN(C(=O)OC(C)(C)C)c1nc(OCc2ccccc2)c2cc(C=O)c([N+]34CCN(CC3)CC4)nc2n1. The van der Waals surface area contributed by atoms with Gasteiger partial charge in [-0.2, -0.15) is 15.0 Å². The summed E-state index contributed by atoms with van der Waals surface area (Å²) in [6.07, 6.45) is 1.84. The maximum absolute atomic E-state index is 13.2. The topological polar surface area (TPSA) is 97.8 Å². The number of nitrogens with zero attached hydrogens (tertiary/aromatic N) is 6. The number of quaternary nitrogens is 1. The lowest BCUT2D eigenvalue weighted by Crippen LogP contribution is -2.69. The van der Waals surface area contributed by atoms with E-state index in [0.717, 1.165) is 51.1 Å². The minimum absolute atomic E-state index is 0.0977. The number of aromatic nitrogens is 3. The molecule has 10 heteroatoms. The van der Waals surface area contributed by atoms with Crippen molar-refractivity contribution in [1.29, 1.82) is 0 Å². The van der Waals surface area contributed by atoms with Crippen LogP contribution in [0.5, 0.6) is 5.88 Å². The Morgan fingerprint density at radius 1 is 1.10 bits per heavy atom. The fraction of sp³-hybridized carbons (Fsp3) is 0.414. The van der Waals surface area contributed by atoms with Crippen molar-refractivity contribution in [2.45, 2.75) is 33.0 Å². The number of aldehydes is 1. The number of amides is 1. The van der Waals surface area contributed by atoms with Crippen molar-refractivity contribution in [2.24, 2.45) is 0 Å². The molecule has 2 bridgehead atoms. The summed E-state index contributed by atoms with van der Waals surface area (Å²) >= 11 is 0. The average Bonchev–Trinajstić information content (AvgIpc) is 2.94. The first-order chi connectivity index (χ1) is 18.7. The van der Waals surface area contributed by atoms with Gasteiger partial charge in [0.15, 0.2) is 11.9 Å². The maximum Gasteiger partial charge on any atom is 0.417 e. The molecule has 3 saturated heterocycles. The molecular formula is C29H35N6O4+. The van der Waals surface area contributed by atoms with Crippen molar-refractivity contribution in [2.75, 3.05) is 50.7 Å². The molecule has 0 atom stereocenters.